The van der Waals surface area contributed by atoms with Crippen molar-refractivity contribution in [3.05, 3.63) is 47.1 Å². The number of carbonyl (C=O) groups is 1. The van der Waals surface area contributed by atoms with Crippen LogP contribution in [-0.2, 0) is 15.7 Å². The Morgan fingerprint density at radius 3 is 2.31 bits per heavy atom. The van der Waals surface area contributed by atoms with Crippen molar-refractivity contribution < 1.29 is 37.3 Å². The van der Waals surface area contributed by atoms with E-state index in [1.165, 1.54) is 31.2 Å². The quantitative estimate of drug-likeness (QED) is 0.617. The standard InChI is InChI=1S/C19H19ClF3NO5/c1-4-27-11(2)18(3,17(25)26)29-14-7-5-13(6-8-14)28-16-15(20)9-12(10-24-16)19(21,22)23/h5-11H,4H2,1-3H3,(H,25,26). The number of benzene rings is 1. The van der Waals surface area contributed by atoms with Gasteiger partial charge in [-0.2, -0.15) is 13.2 Å². The van der Waals surface area contributed by atoms with E-state index in [-0.39, 0.29) is 22.4 Å². The minimum atomic E-state index is -4.57. The predicted molar refractivity (Wildman–Crippen MR) is 98.5 cm³/mol. The maximum atomic E-state index is 12.7. The third-order valence-electron chi connectivity index (χ3n) is 4.12. The highest BCUT2D eigenvalue weighted by molar-refractivity contribution is 6.31. The lowest BCUT2D eigenvalue weighted by molar-refractivity contribution is -0.166. The van der Waals surface area contributed by atoms with Crippen molar-refractivity contribution in [2.24, 2.45) is 0 Å². The van der Waals surface area contributed by atoms with Gasteiger partial charge in [0.2, 0.25) is 11.5 Å². The van der Waals surface area contributed by atoms with E-state index in [4.69, 9.17) is 25.8 Å². The van der Waals surface area contributed by atoms with E-state index in [0.717, 1.165) is 6.07 Å². The highest BCUT2D eigenvalue weighted by atomic mass is 35.5. The smallest absolute Gasteiger partial charge is 0.417 e. The molecule has 10 heteroatoms. The number of nitrogens with zero attached hydrogens (tertiary/aromatic N) is 1. The SMILES string of the molecule is CCOC(C)C(C)(Oc1ccc(Oc2ncc(C(F)(F)F)cc2Cl)cc1)C(=O)O. The summed E-state index contributed by atoms with van der Waals surface area (Å²) in [6.45, 7) is 5.05. The van der Waals surface area contributed by atoms with Crippen molar-refractivity contribution in [2.45, 2.75) is 38.7 Å². The van der Waals surface area contributed by atoms with Gasteiger partial charge in [0, 0.05) is 12.8 Å². The molecule has 2 aromatic rings. The minimum Gasteiger partial charge on any atom is -0.478 e. The first-order chi connectivity index (χ1) is 13.5. The Hall–Kier alpha value is -2.52. The number of hydrogen-bond acceptors (Lipinski definition) is 5. The number of pyridine rings is 1. The number of carboxylic acids is 1. The van der Waals surface area contributed by atoms with Gasteiger partial charge >= 0.3 is 12.1 Å². The van der Waals surface area contributed by atoms with Gasteiger partial charge in [0.15, 0.2) is 0 Å². The molecule has 1 aromatic heterocycles. The van der Waals surface area contributed by atoms with Crippen LogP contribution in [-0.4, -0.2) is 34.4 Å². The first-order valence-corrected chi connectivity index (χ1v) is 8.89. The Kier molecular flexibility index (Phi) is 6.97. The van der Waals surface area contributed by atoms with Crippen molar-refractivity contribution in [2.75, 3.05) is 6.61 Å². The number of aliphatic carboxylic acids is 1. The van der Waals surface area contributed by atoms with Gasteiger partial charge in [-0.05, 0) is 51.1 Å². The Balaban J connectivity index is 2.15. The van der Waals surface area contributed by atoms with Crippen LogP contribution in [0.1, 0.15) is 26.3 Å². The highest BCUT2D eigenvalue weighted by Gasteiger charge is 2.42. The molecule has 0 aliphatic rings. The van der Waals surface area contributed by atoms with Crippen LogP contribution in [0.3, 0.4) is 0 Å². The molecule has 0 aliphatic heterocycles. The summed E-state index contributed by atoms with van der Waals surface area (Å²) < 4.78 is 54.4. The van der Waals surface area contributed by atoms with Crippen LogP contribution in [0.5, 0.6) is 17.4 Å². The molecule has 0 saturated carbocycles. The molecule has 0 aliphatic carbocycles. The number of aromatic nitrogens is 1. The van der Waals surface area contributed by atoms with E-state index >= 15 is 0 Å². The molecule has 2 rings (SSSR count). The third kappa shape index (κ3) is 5.51. The second-order valence-corrected chi connectivity index (χ2v) is 6.60. The second kappa shape index (κ2) is 8.87. The Morgan fingerprint density at radius 2 is 1.83 bits per heavy atom. The zero-order valence-electron chi connectivity index (χ0n) is 15.8. The summed E-state index contributed by atoms with van der Waals surface area (Å²) in [4.78, 5) is 15.2. The van der Waals surface area contributed by atoms with Crippen molar-refractivity contribution in [1.82, 2.24) is 4.98 Å². The first kappa shape index (κ1) is 22.8. The van der Waals surface area contributed by atoms with Crippen LogP contribution in [0.4, 0.5) is 13.2 Å². The third-order valence-corrected chi connectivity index (χ3v) is 4.39. The number of halogens is 4. The number of ether oxygens (including phenoxy) is 3. The largest absolute Gasteiger partial charge is 0.478 e. The number of hydrogen-bond donors (Lipinski definition) is 1. The van der Waals surface area contributed by atoms with Crippen LogP contribution >= 0.6 is 11.6 Å². The number of rotatable bonds is 8. The molecule has 0 bridgehead atoms. The Labute approximate surface area is 170 Å². The fourth-order valence-electron chi connectivity index (χ4n) is 2.30. The van der Waals surface area contributed by atoms with Gasteiger partial charge in [0.1, 0.15) is 22.6 Å². The molecule has 0 saturated heterocycles. The van der Waals surface area contributed by atoms with Crippen molar-refractivity contribution in [1.29, 1.82) is 0 Å². The summed E-state index contributed by atoms with van der Waals surface area (Å²) in [7, 11) is 0. The summed E-state index contributed by atoms with van der Waals surface area (Å²) in [5, 5.41) is 9.22. The zero-order chi connectivity index (χ0) is 21.8. The molecule has 0 amide bonds. The van der Waals surface area contributed by atoms with Crippen molar-refractivity contribution >= 4 is 17.6 Å². The fourth-order valence-corrected chi connectivity index (χ4v) is 2.50. The maximum absolute atomic E-state index is 12.7. The molecule has 1 aromatic carbocycles. The van der Waals surface area contributed by atoms with E-state index in [1.807, 2.05) is 0 Å². The van der Waals surface area contributed by atoms with Crippen LogP contribution in [0.2, 0.25) is 5.02 Å². The summed E-state index contributed by atoms with van der Waals surface area (Å²) in [5.74, 6) is -0.935. The van der Waals surface area contributed by atoms with Crippen LogP contribution in [0.25, 0.3) is 0 Å². The summed E-state index contributed by atoms with van der Waals surface area (Å²) in [5.41, 5.74) is -2.62. The average Bonchev–Trinajstić information content (AvgIpc) is 2.64. The number of alkyl halides is 3. The Bertz CT molecular complexity index is 860. The lowest BCUT2D eigenvalue weighted by atomic mass is 10.00. The Morgan fingerprint density at radius 1 is 1.24 bits per heavy atom. The van der Waals surface area contributed by atoms with E-state index in [0.29, 0.717) is 12.8 Å². The molecule has 29 heavy (non-hydrogen) atoms. The maximum Gasteiger partial charge on any atom is 0.417 e. The fraction of sp³-hybridized carbons (Fsp3) is 0.368. The zero-order valence-corrected chi connectivity index (χ0v) is 16.5. The molecular weight excluding hydrogens is 415 g/mol. The van der Waals surface area contributed by atoms with Gasteiger partial charge in [-0.25, -0.2) is 9.78 Å². The molecule has 1 N–H and O–H groups in total. The van der Waals surface area contributed by atoms with Gasteiger partial charge in [-0.1, -0.05) is 11.6 Å². The molecule has 158 valence electrons. The molecule has 6 nitrogen and oxygen atoms in total. The van der Waals surface area contributed by atoms with E-state index < -0.39 is 29.4 Å². The average molecular weight is 434 g/mol. The molecule has 0 fully saturated rings. The summed E-state index contributed by atoms with van der Waals surface area (Å²) in [6.07, 6.45) is -4.67. The van der Waals surface area contributed by atoms with E-state index in [1.54, 1.807) is 13.8 Å². The van der Waals surface area contributed by atoms with Crippen molar-refractivity contribution in [3.8, 4) is 17.4 Å². The molecule has 2 atom stereocenters. The highest BCUT2D eigenvalue weighted by Crippen LogP contribution is 2.35. The monoisotopic (exact) mass is 433 g/mol. The molecule has 0 spiro atoms. The van der Waals surface area contributed by atoms with E-state index in [9.17, 15) is 23.1 Å². The van der Waals surface area contributed by atoms with Crippen LogP contribution in [0.15, 0.2) is 36.5 Å². The van der Waals surface area contributed by atoms with Gasteiger partial charge in [-0.3, -0.25) is 0 Å². The first-order valence-electron chi connectivity index (χ1n) is 8.52. The van der Waals surface area contributed by atoms with Gasteiger partial charge in [-0.15, -0.1) is 0 Å². The van der Waals surface area contributed by atoms with Gasteiger partial charge < -0.3 is 19.3 Å². The summed E-state index contributed by atoms with van der Waals surface area (Å²) in [6, 6.07) is 6.51. The minimum absolute atomic E-state index is 0.200. The van der Waals surface area contributed by atoms with Gasteiger partial charge in [0.25, 0.3) is 0 Å². The number of carboxylic acid groups (broad SMARTS) is 1. The van der Waals surface area contributed by atoms with Crippen LogP contribution in [0, 0.1) is 0 Å². The van der Waals surface area contributed by atoms with Gasteiger partial charge in [0.05, 0.1) is 5.56 Å². The normalized spacial score (nSPS) is 14.7. The molecule has 1 heterocycles. The topological polar surface area (TPSA) is 77.9 Å². The lowest BCUT2D eigenvalue weighted by Crippen LogP contribution is -2.51. The molecular formula is C19H19ClF3NO5. The molecule has 2 unspecified atom stereocenters. The van der Waals surface area contributed by atoms with Crippen LogP contribution < -0.4 is 9.47 Å². The lowest BCUT2D eigenvalue weighted by Gasteiger charge is -2.31. The van der Waals surface area contributed by atoms with Crippen molar-refractivity contribution in [3.63, 3.8) is 0 Å². The van der Waals surface area contributed by atoms with E-state index in [2.05, 4.69) is 4.98 Å². The summed E-state index contributed by atoms with van der Waals surface area (Å²) >= 11 is 5.81. The second-order valence-electron chi connectivity index (χ2n) is 6.19. The predicted octanol–water partition coefficient (Wildman–Crippen LogP) is 5.19. The molecule has 0 radical (unpaired) electrons.